The van der Waals surface area contributed by atoms with Crippen LogP contribution in [0, 0.1) is 11.3 Å². The van der Waals surface area contributed by atoms with Crippen LogP contribution in [0.1, 0.15) is 31.4 Å². The maximum atomic E-state index is 13.4. The molecule has 1 amide bonds. The minimum Gasteiger partial charge on any atom is -0.494 e. The maximum Gasteiger partial charge on any atom is 0.417 e. The van der Waals surface area contributed by atoms with Crippen LogP contribution in [0.2, 0.25) is 0 Å². The molecule has 1 N–H and O–H groups in total. The van der Waals surface area contributed by atoms with Gasteiger partial charge in [0.15, 0.2) is 5.11 Å². The van der Waals surface area contributed by atoms with Crippen LogP contribution in [0.5, 0.6) is 5.75 Å². The summed E-state index contributed by atoms with van der Waals surface area (Å²) in [7, 11) is 0. The van der Waals surface area contributed by atoms with E-state index in [1.54, 1.807) is 43.0 Å². The Balaban J connectivity index is 1.96. The number of halogens is 3. The summed E-state index contributed by atoms with van der Waals surface area (Å²) in [6, 6.07) is 11.3. The minimum atomic E-state index is -4.76. The molecule has 0 radical (unpaired) electrons. The molecular formula is C22H20F3N3O3S. The number of rotatable bonds is 6. The van der Waals surface area contributed by atoms with Gasteiger partial charge in [-0.15, -0.1) is 0 Å². The third kappa shape index (κ3) is 4.26. The van der Waals surface area contributed by atoms with E-state index in [9.17, 15) is 18.0 Å². The topological polar surface area (TPSA) is 76.8 Å². The van der Waals surface area contributed by atoms with Crippen LogP contribution in [0.3, 0.4) is 0 Å². The van der Waals surface area contributed by atoms with Crippen LogP contribution in [-0.2, 0) is 11.0 Å². The van der Waals surface area contributed by atoms with E-state index in [4.69, 9.17) is 27.3 Å². The van der Waals surface area contributed by atoms with Crippen molar-refractivity contribution >= 4 is 34.6 Å². The van der Waals surface area contributed by atoms with Gasteiger partial charge in [0.05, 0.1) is 29.5 Å². The van der Waals surface area contributed by atoms with E-state index in [2.05, 4.69) is 0 Å². The number of amides is 1. The number of hydrogen-bond donors (Lipinski definition) is 1. The number of carbonyl (C=O) groups is 1. The lowest BCUT2D eigenvalue weighted by atomic mass is 10.0. The monoisotopic (exact) mass is 463 g/mol. The zero-order chi connectivity index (χ0) is 23.7. The van der Waals surface area contributed by atoms with Gasteiger partial charge in [-0.2, -0.15) is 18.4 Å². The zero-order valence-corrected chi connectivity index (χ0v) is 18.1. The lowest BCUT2D eigenvalue weighted by molar-refractivity contribution is -0.137. The van der Waals surface area contributed by atoms with Crippen molar-refractivity contribution in [3.63, 3.8) is 0 Å². The van der Waals surface area contributed by atoms with E-state index in [-0.39, 0.29) is 17.4 Å². The second-order valence-electron chi connectivity index (χ2n) is 7.58. The molecule has 0 saturated carbocycles. The number of aliphatic hydroxyl groups is 1. The minimum absolute atomic E-state index is 0.0116. The van der Waals surface area contributed by atoms with Crippen molar-refractivity contribution in [2.75, 3.05) is 23.0 Å². The van der Waals surface area contributed by atoms with Gasteiger partial charge in [0.1, 0.15) is 11.3 Å². The molecule has 168 valence electrons. The summed E-state index contributed by atoms with van der Waals surface area (Å²) in [6.07, 6.45) is -4.27. The Morgan fingerprint density at radius 1 is 1.16 bits per heavy atom. The maximum absolute atomic E-state index is 13.4. The van der Waals surface area contributed by atoms with Crippen molar-refractivity contribution in [1.82, 2.24) is 0 Å². The summed E-state index contributed by atoms with van der Waals surface area (Å²) in [5.74, 6) is 0.0684. The summed E-state index contributed by atoms with van der Waals surface area (Å²) < 4.78 is 45.7. The van der Waals surface area contributed by atoms with Crippen molar-refractivity contribution in [2.45, 2.75) is 32.0 Å². The van der Waals surface area contributed by atoms with Gasteiger partial charge in [-0.05, 0) is 68.5 Å². The number of benzene rings is 2. The second kappa shape index (κ2) is 8.76. The predicted molar refractivity (Wildman–Crippen MR) is 116 cm³/mol. The highest BCUT2D eigenvalue weighted by atomic mass is 32.1. The number of ether oxygens (including phenoxy) is 1. The molecule has 2 aromatic carbocycles. The average molecular weight is 463 g/mol. The molecule has 32 heavy (non-hydrogen) atoms. The predicted octanol–water partition coefficient (Wildman–Crippen LogP) is 4.25. The molecule has 1 heterocycles. The Bertz CT molecular complexity index is 1080. The van der Waals surface area contributed by atoms with Crippen LogP contribution in [0.15, 0.2) is 42.5 Å². The Morgan fingerprint density at radius 2 is 1.78 bits per heavy atom. The average Bonchev–Trinajstić information content (AvgIpc) is 2.92. The number of nitriles is 1. The Morgan fingerprint density at radius 3 is 2.34 bits per heavy atom. The lowest BCUT2D eigenvalue weighted by Gasteiger charge is -2.29. The number of nitrogens with zero attached hydrogens (tertiary/aromatic N) is 3. The van der Waals surface area contributed by atoms with E-state index in [0.29, 0.717) is 24.5 Å². The summed E-state index contributed by atoms with van der Waals surface area (Å²) in [5.41, 5.74) is -2.33. The number of hydrogen-bond acceptors (Lipinski definition) is 5. The standard InChI is InChI=1S/C22H20F3N3O3S/c1-21(2)19(30)27(16-5-4-14(13-26)18(12-16)22(23,24)25)20(32)28(21)15-6-8-17(9-7-15)31-11-3-10-29/h4-9,12,29H,3,10-11H2,1-2H3. The molecule has 0 spiro atoms. The quantitative estimate of drug-likeness (QED) is 0.510. The van der Waals surface area contributed by atoms with Crippen molar-refractivity contribution in [3.8, 4) is 11.8 Å². The van der Waals surface area contributed by atoms with Crippen LogP contribution in [0.25, 0.3) is 0 Å². The van der Waals surface area contributed by atoms with Gasteiger partial charge >= 0.3 is 6.18 Å². The molecule has 0 bridgehead atoms. The smallest absolute Gasteiger partial charge is 0.417 e. The fraction of sp³-hybridized carbons (Fsp3) is 0.318. The second-order valence-corrected chi connectivity index (χ2v) is 7.94. The van der Waals surface area contributed by atoms with E-state index in [0.717, 1.165) is 17.0 Å². The molecule has 1 aliphatic heterocycles. The Hall–Kier alpha value is -3.16. The number of alkyl halides is 3. The van der Waals surface area contributed by atoms with Crippen LogP contribution < -0.4 is 14.5 Å². The molecule has 0 unspecified atom stereocenters. The first-order chi connectivity index (χ1) is 15.0. The molecule has 0 aliphatic carbocycles. The van der Waals surface area contributed by atoms with Gasteiger partial charge in [0.25, 0.3) is 5.91 Å². The Kier molecular flexibility index (Phi) is 6.44. The summed E-state index contributed by atoms with van der Waals surface area (Å²) >= 11 is 5.49. The van der Waals surface area contributed by atoms with Gasteiger partial charge in [-0.3, -0.25) is 9.69 Å². The first-order valence-corrected chi connectivity index (χ1v) is 10.1. The molecule has 1 fully saturated rings. The first-order valence-electron chi connectivity index (χ1n) is 9.66. The normalized spacial score (nSPS) is 15.8. The third-order valence-electron chi connectivity index (χ3n) is 5.02. The van der Waals surface area contributed by atoms with Gasteiger partial charge < -0.3 is 14.7 Å². The molecule has 0 aromatic heterocycles. The summed E-state index contributed by atoms with van der Waals surface area (Å²) in [4.78, 5) is 15.8. The van der Waals surface area contributed by atoms with E-state index < -0.39 is 28.7 Å². The highest BCUT2D eigenvalue weighted by Crippen LogP contribution is 2.39. The van der Waals surface area contributed by atoms with Crippen LogP contribution in [-0.4, -0.2) is 34.9 Å². The zero-order valence-electron chi connectivity index (χ0n) is 17.3. The van der Waals surface area contributed by atoms with Crippen LogP contribution in [0.4, 0.5) is 24.5 Å². The molecule has 1 aliphatic rings. The third-order valence-corrected chi connectivity index (χ3v) is 5.39. The highest BCUT2D eigenvalue weighted by molar-refractivity contribution is 7.81. The molecule has 6 nitrogen and oxygen atoms in total. The number of aliphatic hydroxyl groups excluding tert-OH is 1. The van der Waals surface area contributed by atoms with Crippen molar-refractivity contribution in [3.05, 3.63) is 53.6 Å². The molecule has 0 atom stereocenters. The molecule has 2 aromatic rings. The molecule has 1 saturated heterocycles. The van der Waals surface area contributed by atoms with Gasteiger partial charge in [0, 0.05) is 18.7 Å². The number of thiocarbonyl (C=S) groups is 1. The van der Waals surface area contributed by atoms with E-state index in [1.165, 1.54) is 12.1 Å². The van der Waals surface area contributed by atoms with Crippen molar-refractivity contribution in [1.29, 1.82) is 5.26 Å². The highest BCUT2D eigenvalue weighted by Gasteiger charge is 2.50. The van der Waals surface area contributed by atoms with Crippen molar-refractivity contribution in [2.24, 2.45) is 0 Å². The molecule has 10 heteroatoms. The fourth-order valence-corrected chi connectivity index (χ4v) is 3.93. The van der Waals surface area contributed by atoms with Gasteiger partial charge in [-0.1, -0.05) is 0 Å². The van der Waals surface area contributed by atoms with Crippen molar-refractivity contribution < 1.29 is 27.8 Å². The summed E-state index contributed by atoms with van der Waals surface area (Å²) in [6.45, 7) is 3.61. The van der Waals surface area contributed by atoms with E-state index in [1.807, 2.05) is 0 Å². The summed E-state index contributed by atoms with van der Waals surface area (Å²) in [5, 5.41) is 17.9. The largest absolute Gasteiger partial charge is 0.494 e. The van der Waals surface area contributed by atoms with Gasteiger partial charge in [0.2, 0.25) is 0 Å². The molecular weight excluding hydrogens is 443 g/mol. The van der Waals surface area contributed by atoms with Crippen LogP contribution >= 0.6 is 12.2 Å². The van der Waals surface area contributed by atoms with E-state index >= 15 is 0 Å². The number of carbonyl (C=O) groups excluding carboxylic acids is 1. The first kappa shape index (κ1) is 23.5. The fourth-order valence-electron chi connectivity index (χ4n) is 3.41. The SMILES string of the molecule is CC1(C)C(=O)N(c2ccc(C#N)c(C(F)(F)F)c2)C(=S)N1c1ccc(OCCCO)cc1. The number of anilines is 2. The molecule has 3 rings (SSSR count). The van der Waals surface area contributed by atoms with Gasteiger partial charge in [-0.25, -0.2) is 0 Å². The lowest BCUT2D eigenvalue weighted by Crippen LogP contribution is -2.44. The Labute approximate surface area is 188 Å².